The normalized spacial score (nSPS) is 35.1. The molecular formula is C9H20N4O3. The SMILES string of the molecule is CN(C)C1CC(CNC(=N)N)O[C@@H](O)C1O. The van der Waals surface area contributed by atoms with Crippen LogP contribution in [0.25, 0.3) is 0 Å². The van der Waals surface area contributed by atoms with Gasteiger partial charge in [-0.1, -0.05) is 0 Å². The van der Waals surface area contributed by atoms with Crippen LogP contribution >= 0.6 is 0 Å². The summed E-state index contributed by atoms with van der Waals surface area (Å²) in [6, 6.07) is -0.164. The molecule has 1 aliphatic heterocycles. The first kappa shape index (κ1) is 13.2. The van der Waals surface area contributed by atoms with Crippen LogP contribution in [0.15, 0.2) is 0 Å². The quantitative estimate of drug-likeness (QED) is 0.280. The molecule has 1 heterocycles. The lowest BCUT2D eigenvalue weighted by Gasteiger charge is -2.40. The minimum absolute atomic E-state index is 0.134. The Morgan fingerprint density at radius 1 is 1.56 bits per heavy atom. The van der Waals surface area contributed by atoms with Crippen molar-refractivity contribution < 1.29 is 14.9 Å². The summed E-state index contributed by atoms with van der Waals surface area (Å²) in [6.07, 6.45) is -1.80. The van der Waals surface area contributed by atoms with Gasteiger partial charge in [0.2, 0.25) is 0 Å². The second-order valence-electron chi connectivity index (χ2n) is 4.20. The summed E-state index contributed by atoms with van der Waals surface area (Å²) >= 11 is 0. The number of nitrogens with two attached hydrogens (primary N) is 1. The van der Waals surface area contributed by atoms with Gasteiger partial charge >= 0.3 is 0 Å². The van der Waals surface area contributed by atoms with Crippen molar-refractivity contribution in [2.24, 2.45) is 5.73 Å². The number of hydrogen-bond donors (Lipinski definition) is 5. The number of guanidine groups is 1. The minimum atomic E-state index is -1.19. The Morgan fingerprint density at radius 2 is 2.19 bits per heavy atom. The molecule has 0 saturated carbocycles. The Bertz CT molecular complexity index is 249. The van der Waals surface area contributed by atoms with Gasteiger partial charge in [-0.15, -0.1) is 0 Å². The maximum Gasteiger partial charge on any atom is 0.185 e. The third kappa shape index (κ3) is 3.31. The number of aliphatic hydroxyl groups is 2. The van der Waals surface area contributed by atoms with Crippen LogP contribution in [0.1, 0.15) is 6.42 Å². The molecule has 0 amide bonds. The van der Waals surface area contributed by atoms with Crippen LogP contribution in [-0.2, 0) is 4.74 Å². The van der Waals surface area contributed by atoms with Gasteiger partial charge in [0.1, 0.15) is 6.10 Å². The van der Waals surface area contributed by atoms with E-state index in [9.17, 15) is 10.2 Å². The van der Waals surface area contributed by atoms with E-state index in [1.165, 1.54) is 0 Å². The predicted molar refractivity (Wildman–Crippen MR) is 58.9 cm³/mol. The van der Waals surface area contributed by atoms with Crippen molar-refractivity contribution >= 4 is 5.96 Å². The average molecular weight is 232 g/mol. The minimum Gasteiger partial charge on any atom is -0.386 e. The Kier molecular flexibility index (Phi) is 4.48. The molecule has 0 spiro atoms. The molecule has 0 aromatic rings. The molecular weight excluding hydrogens is 212 g/mol. The topological polar surface area (TPSA) is 115 Å². The molecule has 4 atom stereocenters. The van der Waals surface area contributed by atoms with Gasteiger partial charge in [-0.05, 0) is 20.5 Å². The van der Waals surface area contributed by atoms with E-state index < -0.39 is 12.4 Å². The van der Waals surface area contributed by atoms with Gasteiger partial charge in [-0.25, -0.2) is 0 Å². The van der Waals surface area contributed by atoms with E-state index >= 15 is 0 Å². The largest absolute Gasteiger partial charge is 0.386 e. The molecule has 1 rings (SSSR count). The molecule has 3 unspecified atom stereocenters. The summed E-state index contributed by atoms with van der Waals surface area (Å²) < 4.78 is 5.19. The smallest absolute Gasteiger partial charge is 0.185 e. The summed E-state index contributed by atoms with van der Waals surface area (Å²) in [4.78, 5) is 1.84. The predicted octanol–water partition coefficient (Wildman–Crippen LogP) is -2.13. The number of aliphatic hydroxyl groups excluding tert-OH is 2. The van der Waals surface area contributed by atoms with E-state index in [1.54, 1.807) is 0 Å². The fourth-order valence-corrected chi connectivity index (χ4v) is 1.80. The zero-order valence-corrected chi connectivity index (χ0v) is 9.55. The Labute approximate surface area is 94.7 Å². The standard InChI is InChI=1S/C9H20N4O3/c1-13(2)6-3-5(4-12-9(10)11)16-8(15)7(6)14/h5-8,14-15H,3-4H2,1-2H3,(H4,10,11,12)/t5?,6?,7?,8-/m1/s1. The van der Waals surface area contributed by atoms with Gasteiger partial charge in [-0.3, -0.25) is 5.41 Å². The molecule has 1 saturated heterocycles. The average Bonchev–Trinajstić information content (AvgIpc) is 2.19. The highest BCUT2D eigenvalue weighted by atomic mass is 16.6. The molecule has 0 aromatic carbocycles. The van der Waals surface area contributed by atoms with Gasteiger partial charge < -0.3 is 30.9 Å². The monoisotopic (exact) mass is 232 g/mol. The molecule has 1 aliphatic rings. The van der Waals surface area contributed by atoms with Crippen LogP contribution in [-0.4, -0.2) is 66.3 Å². The van der Waals surface area contributed by atoms with E-state index in [0.29, 0.717) is 13.0 Å². The van der Waals surface area contributed by atoms with Crippen LogP contribution in [0, 0.1) is 5.41 Å². The fourth-order valence-electron chi connectivity index (χ4n) is 1.80. The Balaban J connectivity index is 2.53. The maximum atomic E-state index is 9.70. The van der Waals surface area contributed by atoms with E-state index in [-0.39, 0.29) is 18.1 Å². The second-order valence-corrected chi connectivity index (χ2v) is 4.20. The zero-order chi connectivity index (χ0) is 12.3. The van der Waals surface area contributed by atoms with Gasteiger partial charge in [0.15, 0.2) is 12.2 Å². The highest BCUT2D eigenvalue weighted by Gasteiger charge is 2.37. The van der Waals surface area contributed by atoms with Crippen LogP contribution in [0.4, 0.5) is 0 Å². The molecule has 94 valence electrons. The maximum absolute atomic E-state index is 9.70. The molecule has 0 aliphatic carbocycles. The van der Waals surface area contributed by atoms with Crippen LogP contribution < -0.4 is 11.1 Å². The van der Waals surface area contributed by atoms with E-state index in [0.717, 1.165) is 0 Å². The lowest BCUT2D eigenvalue weighted by Crippen LogP contribution is -2.56. The van der Waals surface area contributed by atoms with Crippen molar-refractivity contribution in [3.05, 3.63) is 0 Å². The summed E-state index contributed by atoms with van der Waals surface area (Å²) in [5.41, 5.74) is 5.16. The summed E-state index contributed by atoms with van der Waals surface area (Å²) in [5, 5.41) is 28.9. The lowest BCUT2D eigenvalue weighted by molar-refractivity contribution is -0.232. The van der Waals surface area contributed by atoms with E-state index in [2.05, 4.69) is 5.32 Å². The van der Waals surface area contributed by atoms with E-state index in [1.807, 2.05) is 19.0 Å². The third-order valence-electron chi connectivity index (χ3n) is 2.71. The third-order valence-corrected chi connectivity index (χ3v) is 2.71. The molecule has 1 fully saturated rings. The second kappa shape index (κ2) is 5.44. The van der Waals surface area contributed by atoms with Crippen molar-refractivity contribution in [1.82, 2.24) is 10.2 Å². The Hall–Kier alpha value is -0.890. The Morgan fingerprint density at radius 3 is 2.69 bits per heavy atom. The summed E-state index contributed by atoms with van der Waals surface area (Å²) in [6.45, 7) is 0.351. The van der Waals surface area contributed by atoms with Crippen LogP contribution in [0.3, 0.4) is 0 Å². The molecule has 0 radical (unpaired) electrons. The number of likely N-dealkylation sites (N-methyl/N-ethyl adjacent to an activating group) is 1. The molecule has 6 N–H and O–H groups in total. The number of hydrogen-bond acceptors (Lipinski definition) is 5. The van der Waals surface area contributed by atoms with E-state index in [4.69, 9.17) is 15.9 Å². The molecule has 0 bridgehead atoms. The lowest BCUT2D eigenvalue weighted by atomic mass is 9.98. The first-order valence-electron chi connectivity index (χ1n) is 5.17. The molecule has 16 heavy (non-hydrogen) atoms. The number of rotatable bonds is 3. The van der Waals surface area contributed by atoms with Crippen molar-refractivity contribution in [3.8, 4) is 0 Å². The van der Waals surface area contributed by atoms with Crippen molar-refractivity contribution in [2.75, 3.05) is 20.6 Å². The molecule has 7 heteroatoms. The summed E-state index contributed by atoms with van der Waals surface area (Å²) in [5.74, 6) is -0.134. The van der Waals surface area contributed by atoms with Crippen LogP contribution in [0.5, 0.6) is 0 Å². The van der Waals surface area contributed by atoms with Crippen molar-refractivity contribution in [1.29, 1.82) is 5.41 Å². The van der Waals surface area contributed by atoms with Crippen LogP contribution in [0.2, 0.25) is 0 Å². The first-order valence-corrected chi connectivity index (χ1v) is 5.17. The fraction of sp³-hybridized carbons (Fsp3) is 0.889. The number of ether oxygens (including phenoxy) is 1. The number of nitrogens with one attached hydrogen (secondary N) is 2. The van der Waals surface area contributed by atoms with Crippen molar-refractivity contribution in [2.45, 2.75) is 31.0 Å². The van der Waals surface area contributed by atoms with Gasteiger partial charge in [0, 0.05) is 12.6 Å². The molecule has 7 nitrogen and oxygen atoms in total. The van der Waals surface area contributed by atoms with Gasteiger partial charge in [0.05, 0.1) is 6.10 Å². The zero-order valence-electron chi connectivity index (χ0n) is 9.55. The molecule has 0 aromatic heterocycles. The summed E-state index contributed by atoms with van der Waals surface area (Å²) in [7, 11) is 3.67. The highest BCUT2D eigenvalue weighted by molar-refractivity contribution is 5.74. The highest BCUT2D eigenvalue weighted by Crippen LogP contribution is 2.21. The van der Waals surface area contributed by atoms with Gasteiger partial charge in [-0.2, -0.15) is 0 Å². The van der Waals surface area contributed by atoms with Crippen molar-refractivity contribution in [3.63, 3.8) is 0 Å². The number of nitrogens with zero attached hydrogens (tertiary/aromatic N) is 1. The first-order chi connectivity index (χ1) is 7.41. The van der Waals surface area contributed by atoms with Gasteiger partial charge in [0.25, 0.3) is 0 Å².